The molecule has 3 nitrogen and oxygen atoms in total. The van der Waals surface area contributed by atoms with Gasteiger partial charge >= 0.3 is 12.1 Å². The van der Waals surface area contributed by atoms with E-state index >= 15 is 0 Å². The molecule has 1 aliphatic carbocycles. The number of hydrogen-bond donors (Lipinski definition) is 0. The molecule has 200 valence electrons. The third kappa shape index (κ3) is 5.17. The van der Waals surface area contributed by atoms with Crippen molar-refractivity contribution in [3.05, 3.63) is 70.4 Å². The average molecular weight is 514 g/mol. The summed E-state index contributed by atoms with van der Waals surface area (Å²) in [6, 6.07) is 11.8. The number of benzene rings is 2. The molecule has 0 amide bonds. The van der Waals surface area contributed by atoms with Crippen LogP contribution in [-0.2, 0) is 21.1 Å². The predicted octanol–water partition coefficient (Wildman–Crippen LogP) is 9.24. The van der Waals surface area contributed by atoms with Gasteiger partial charge in [-0.15, -0.1) is 0 Å². The Morgan fingerprint density at radius 1 is 1.08 bits per heavy atom. The van der Waals surface area contributed by atoms with E-state index in [0.29, 0.717) is 31.6 Å². The van der Waals surface area contributed by atoms with Gasteiger partial charge in [0.2, 0.25) is 0 Å². The summed E-state index contributed by atoms with van der Waals surface area (Å²) < 4.78 is 48.2. The van der Waals surface area contributed by atoms with E-state index in [2.05, 4.69) is 57.4 Å². The fraction of sp³-hybridized carbons (Fsp3) is 0.516. The van der Waals surface area contributed by atoms with Crippen molar-refractivity contribution >= 4 is 16.9 Å². The largest absolute Gasteiger partial charge is 0.456 e. The zero-order chi connectivity index (χ0) is 27.1. The minimum absolute atomic E-state index is 0.138. The molecule has 0 radical (unpaired) electrons. The van der Waals surface area contributed by atoms with Crippen LogP contribution in [0, 0.1) is 0 Å². The van der Waals surface area contributed by atoms with Gasteiger partial charge in [-0.3, -0.25) is 4.79 Å². The van der Waals surface area contributed by atoms with Gasteiger partial charge in [-0.05, 0) is 78.0 Å². The highest BCUT2D eigenvalue weighted by Crippen LogP contribution is 2.50. The van der Waals surface area contributed by atoms with Crippen molar-refractivity contribution in [1.29, 1.82) is 0 Å². The number of aromatic nitrogens is 1. The number of carbonyl (C=O) groups excluding carboxylic acids is 1. The van der Waals surface area contributed by atoms with Crippen LogP contribution in [0.15, 0.2) is 42.5 Å². The van der Waals surface area contributed by atoms with Crippen molar-refractivity contribution in [3.63, 3.8) is 0 Å². The Labute approximate surface area is 218 Å². The number of halogens is 3. The van der Waals surface area contributed by atoms with Gasteiger partial charge in [0, 0.05) is 17.3 Å². The Hall–Kier alpha value is -2.76. The summed E-state index contributed by atoms with van der Waals surface area (Å²) in [7, 11) is 0. The quantitative estimate of drug-likeness (QED) is 0.295. The molecule has 0 spiro atoms. The molecule has 0 bridgehead atoms. The molecular weight excluding hydrogens is 475 g/mol. The van der Waals surface area contributed by atoms with Gasteiger partial charge in [0.15, 0.2) is 0 Å². The van der Waals surface area contributed by atoms with Crippen molar-refractivity contribution in [1.82, 2.24) is 4.57 Å². The lowest BCUT2D eigenvalue weighted by Gasteiger charge is -2.37. The molecule has 0 aliphatic heterocycles. The molecule has 0 saturated heterocycles. The highest BCUT2D eigenvalue weighted by molar-refractivity contribution is 5.88. The maximum Gasteiger partial charge on any atom is 0.416 e. The van der Waals surface area contributed by atoms with Crippen molar-refractivity contribution in [2.75, 3.05) is 0 Å². The lowest BCUT2D eigenvalue weighted by molar-refractivity contribution is -0.151. The minimum atomic E-state index is -4.38. The lowest BCUT2D eigenvalue weighted by Crippen LogP contribution is -2.30. The predicted molar refractivity (Wildman–Crippen MR) is 142 cm³/mol. The third-order valence-corrected chi connectivity index (χ3v) is 7.79. The first-order valence-electron chi connectivity index (χ1n) is 13.4. The highest BCUT2D eigenvalue weighted by Gasteiger charge is 2.41. The number of rotatable bonds is 7. The first-order valence-corrected chi connectivity index (χ1v) is 13.4. The maximum absolute atomic E-state index is 13.3. The Morgan fingerprint density at radius 3 is 2.30 bits per heavy atom. The molecule has 0 N–H and O–H groups in total. The van der Waals surface area contributed by atoms with Crippen molar-refractivity contribution in [2.24, 2.45) is 0 Å². The SMILES string of the molecule is CCCC(=O)OC1CCC(C)(C)c2c1n(C(CC)c1ccc(C(F)(F)F)cc1)c1ccc(C(C)C)cc21. The van der Waals surface area contributed by atoms with Gasteiger partial charge in [-0.2, -0.15) is 13.2 Å². The van der Waals surface area contributed by atoms with Crippen LogP contribution in [0.2, 0.25) is 0 Å². The van der Waals surface area contributed by atoms with E-state index in [0.717, 1.165) is 40.7 Å². The standard InChI is InChI=1S/C31H38F3NO2/c1-7-9-27(36)37-26-16-17-30(5,6)28-23-18-21(19(3)4)12-15-25(23)35(29(26)28)24(8-2)20-10-13-22(14-11-20)31(32,33)34/h10-15,18-19,24,26H,7-9,16-17H2,1-6H3. The van der Waals surface area contributed by atoms with Crippen LogP contribution in [-0.4, -0.2) is 10.5 Å². The van der Waals surface area contributed by atoms with Crippen LogP contribution in [0.3, 0.4) is 0 Å². The van der Waals surface area contributed by atoms with Gasteiger partial charge in [0.05, 0.1) is 17.3 Å². The highest BCUT2D eigenvalue weighted by atomic mass is 19.4. The Bertz CT molecular complexity index is 1270. The second-order valence-corrected chi connectivity index (χ2v) is 11.3. The summed E-state index contributed by atoms with van der Waals surface area (Å²) in [6.45, 7) is 12.8. The molecule has 6 heteroatoms. The number of hydrogen-bond acceptors (Lipinski definition) is 2. The normalized spacial score (nSPS) is 18.2. The van der Waals surface area contributed by atoms with Crippen LogP contribution >= 0.6 is 0 Å². The summed E-state index contributed by atoms with van der Waals surface area (Å²) in [5.41, 5.74) is 4.47. The average Bonchev–Trinajstić information content (AvgIpc) is 3.17. The second-order valence-electron chi connectivity index (χ2n) is 11.3. The summed E-state index contributed by atoms with van der Waals surface area (Å²) in [6.07, 6.45) is -1.41. The maximum atomic E-state index is 13.3. The Kier molecular flexibility index (Phi) is 7.51. The molecule has 3 aromatic rings. The van der Waals surface area contributed by atoms with Gasteiger partial charge in [0.1, 0.15) is 6.10 Å². The summed E-state index contributed by atoms with van der Waals surface area (Å²) in [4.78, 5) is 12.7. The van der Waals surface area contributed by atoms with E-state index in [1.807, 2.05) is 6.92 Å². The first-order chi connectivity index (χ1) is 17.4. The van der Waals surface area contributed by atoms with E-state index in [9.17, 15) is 18.0 Å². The zero-order valence-corrected chi connectivity index (χ0v) is 22.7. The number of alkyl halides is 3. The Balaban J connectivity index is 1.98. The van der Waals surface area contributed by atoms with E-state index in [4.69, 9.17) is 4.74 Å². The van der Waals surface area contributed by atoms with E-state index in [1.54, 1.807) is 12.1 Å². The van der Waals surface area contributed by atoms with E-state index in [-0.39, 0.29) is 23.5 Å². The minimum Gasteiger partial charge on any atom is -0.456 e. The summed E-state index contributed by atoms with van der Waals surface area (Å²) in [5.74, 6) is 0.144. The molecule has 1 aromatic heterocycles. The van der Waals surface area contributed by atoms with Gasteiger partial charge < -0.3 is 9.30 Å². The number of carbonyl (C=O) groups is 1. The van der Waals surface area contributed by atoms with E-state index < -0.39 is 11.7 Å². The molecule has 1 heterocycles. The molecular formula is C31H38F3NO2. The topological polar surface area (TPSA) is 31.2 Å². The van der Waals surface area contributed by atoms with Crippen molar-refractivity contribution < 1.29 is 22.7 Å². The van der Waals surface area contributed by atoms with Crippen molar-refractivity contribution in [2.45, 2.75) is 103 Å². The molecule has 1 aliphatic rings. The van der Waals surface area contributed by atoms with E-state index in [1.165, 1.54) is 11.1 Å². The fourth-order valence-electron chi connectivity index (χ4n) is 5.83. The number of nitrogens with zero attached hydrogens (tertiary/aromatic N) is 1. The number of ether oxygens (including phenoxy) is 1. The van der Waals surface area contributed by atoms with Crippen LogP contribution < -0.4 is 0 Å². The summed E-state index contributed by atoms with van der Waals surface area (Å²) in [5, 5.41) is 1.15. The van der Waals surface area contributed by atoms with Crippen LogP contribution in [0.25, 0.3) is 10.9 Å². The molecule has 0 saturated carbocycles. The molecule has 37 heavy (non-hydrogen) atoms. The monoisotopic (exact) mass is 513 g/mol. The van der Waals surface area contributed by atoms with Gasteiger partial charge in [-0.1, -0.05) is 59.7 Å². The van der Waals surface area contributed by atoms with Crippen molar-refractivity contribution in [3.8, 4) is 0 Å². The second kappa shape index (κ2) is 10.2. The Morgan fingerprint density at radius 2 is 1.73 bits per heavy atom. The van der Waals surface area contributed by atoms with Gasteiger partial charge in [0.25, 0.3) is 0 Å². The molecule has 2 unspecified atom stereocenters. The molecule has 2 aromatic carbocycles. The van der Waals surface area contributed by atoms with Crippen LogP contribution in [0.4, 0.5) is 13.2 Å². The fourth-order valence-corrected chi connectivity index (χ4v) is 5.83. The van der Waals surface area contributed by atoms with Crippen LogP contribution in [0.5, 0.6) is 0 Å². The first kappa shape index (κ1) is 27.3. The lowest BCUT2D eigenvalue weighted by atomic mass is 9.73. The molecule has 2 atom stereocenters. The van der Waals surface area contributed by atoms with Crippen LogP contribution in [0.1, 0.15) is 120 Å². The molecule has 4 rings (SSSR count). The number of esters is 1. The summed E-state index contributed by atoms with van der Waals surface area (Å²) >= 11 is 0. The van der Waals surface area contributed by atoms with Gasteiger partial charge in [-0.25, -0.2) is 0 Å². The molecule has 0 fully saturated rings. The smallest absolute Gasteiger partial charge is 0.416 e. The third-order valence-electron chi connectivity index (χ3n) is 7.79. The number of fused-ring (bicyclic) bond motifs is 3. The zero-order valence-electron chi connectivity index (χ0n) is 22.7.